The molecule has 282 valence electrons. The van der Waals surface area contributed by atoms with Gasteiger partial charge in [0.1, 0.15) is 36.4 Å². The number of fused-ring (bicyclic) bond motifs is 2. The molecule has 3 N–H and O–H groups in total. The number of nitrogens with zero attached hydrogens (tertiary/aromatic N) is 6. The van der Waals surface area contributed by atoms with Gasteiger partial charge in [0.25, 0.3) is 5.91 Å². The van der Waals surface area contributed by atoms with Crippen LogP contribution in [-0.2, 0) is 33.8 Å². The molecule has 0 radical (unpaired) electrons. The molecular formula is C39H44N8O7. The van der Waals surface area contributed by atoms with Crippen LogP contribution in [0.3, 0.4) is 0 Å². The minimum Gasteiger partial charge on any atom is -0.508 e. The Morgan fingerprint density at radius 1 is 0.981 bits per heavy atom. The average molecular weight is 737 g/mol. The van der Waals surface area contributed by atoms with E-state index in [1.54, 1.807) is 67.1 Å². The Labute approximate surface area is 312 Å². The SMILES string of the molecule is C=CCN1CC(=O)N2[C@@H](Cc3ccc(O)cc3)C(=O)N(Cc3cccc4c3ncn4C(=O)CNC(=O)OC(C)(C)C)C[C@@H]2N1C(=O)NCc1ccccc1. The van der Waals surface area contributed by atoms with Crippen LogP contribution in [0.2, 0.25) is 0 Å². The van der Waals surface area contributed by atoms with Gasteiger partial charge in [-0.2, -0.15) is 0 Å². The normalized spacial score (nSPS) is 17.6. The number of phenolic OH excluding ortho intramolecular Hbond substituents is 1. The molecule has 0 saturated carbocycles. The number of amides is 5. The number of carbonyl (C=O) groups is 5. The molecule has 2 saturated heterocycles. The van der Waals surface area contributed by atoms with E-state index in [-0.39, 0.29) is 63.3 Å². The number of nitrogens with one attached hydrogen (secondary N) is 2. The van der Waals surface area contributed by atoms with E-state index in [9.17, 15) is 29.1 Å². The lowest BCUT2D eigenvalue weighted by molar-refractivity contribution is -0.189. The van der Waals surface area contributed by atoms with Gasteiger partial charge in [0.15, 0.2) is 0 Å². The van der Waals surface area contributed by atoms with Gasteiger partial charge in [-0.15, -0.1) is 6.58 Å². The van der Waals surface area contributed by atoms with Crippen molar-refractivity contribution in [3.8, 4) is 5.75 Å². The zero-order valence-electron chi connectivity index (χ0n) is 30.5. The fourth-order valence-corrected chi connectivity index (χ4v) is 6.73. The van der Waals surface area contributed by atoms with Crippen molar-refractivity contribution in [2.45, 2.75) is 58.1 Å². The number of alkyl carbamates (subject to hydrolysis) is 1. The lowest BCUT2D eigenvalue weighted by Crippen LogP contribution is -2.76. The van der Waals surface area contributed by atoms with Crippen LogP contribution in [0.15, 0.2) is 91.8 Å². The molecule has 0 aliphatic carbocycles. The number of aromatic hydroxyl groups is 1. The van der Waals surface area contributed by atoms with Crippen LogP contribution >= 0.6 is 0 Å². The Morgan fingerprint density at radius 3 is 2.43 bits per heavy atom. The number of urea groups is 1. The van der Waals surface area contributed by atoms with E-state index < -0.39 is 35.8 Å². The molecule has 1 aromatic heterocycles. The molecule has 6 rings (SSSR count). The van der Waals surface area contributed by atoms with Crippen LogP contribution in [0.25, 0.3) is 11.0 Å². The van der Waals surface area contributed by atoms with Crippen molar-refractivity contribution < 1.29 is 33.8 Å². The number of benzene rings is 3. The highest BCUT2D eigenvalue weighted by Gasteiger charge is 2.51. The Kier molecular flexibility index (Phi) is 11.0. The Balaban J connectivity index is 1.31. The molecule has 54 heavy (non-hydrogen) atoms. The van der Waals surface area contributed by atoms with E-state index in [0.29, 0.717) is 22.2 Å². The van der Waals surface area contributed by atoms with Crippen LogP contribution < -0.4 is 10.6 Å². The maximum absolute atomic E-state index is 14.5. The summed E-state index contributed by atoms with van der Waals surface area (Å²) in [6.07, 6.45) is 1.51. The van der Waals surface area contributed by atoms with Crippen molar-refractivity contribution >= 4 is 40.9 Å². The number of hydrazine groups is 1. The smallest absolute Gasteiger partial charge is 0.408 e. The standard InChI is InChI=1S/C39H44N8O7/c1-5-18-44-24-34(50)46-31(19-26-14-16-29(48)17-15-26)36(51)43(23-32(46)47(44)37(52)40-20-27-10-7-6-8-11-27)22-28-12-9-13-30-35(28)42-25-45(30)33(49)21-41-38(53)54-39(2,3)4/h5-17,25,31-32,48H,1,18-24H2,2-4H3,(H,40,52)(H,41,53)/t31-,32-/m0/s1. The first-order valence-electron chi connectivity index (χ1n) is 17.6. The van der Waals surface area contributed by atoms with Crippen molar-refractivity contribution in [3.63, 3.8) is 0 Å². The molecule has 0 spiro atoms. The van der Waals surface area contributed by atoms with Gasteiger partial charge >= 0.3 is 12.1 Å². The summed E-state index contributed by atoms with van der Waals surface area (Å²) in [5.74, 6) is -1.02. The topological polar surface area (TPSA) is 170 Å². The second-order valence-corrected chi connectivity index (χ2v) is 14.2. The Hall–Kier alpha value is -6.22. The summed E-state index contributed by atoms with van der Waals surface area (Å²) in [7, 11) is 0. The summed E-state index contributed by atoms with van der Waals surface area (Å²) >= 11 is 0. The molecule has 2 fully saturated rings. The number of hydrogen-bond acceptors (Lipinski definition) is 9. The number of rotatable bonds is 10. The summed E-state index contributed by atoms with van der Waals surface area (Å²) in [4.78, 5) is 75.5. The molecular weight excluding hydrogens is 692 g/mol. The quantitative estimate of drug-likeness (QED) is 0.206. The van der Waals surface area contributed by atoms with E-state index in [0.717, 1.165) is 5.56 Å². The van der Waals surface area contributed by atoms with Crippen molar-refractivity contribution in [1.82, 2.24) is 40.0 Å². The fourth-order valence-electron chi connectivity index (χ4n) is 6.73. The van der Waals surface area contributed by atoms with Gasteiger partial charge in [-0.05, 0) is 55.7 Å². The molecule has 2 aliphatic heterocycles. The predicted octanol–water partition coefficient (Wildman–Crippen LogP) is 3.64. The van der Waals surface area contributed by atoms with Crippen LogP contribution in [0.1, 0.15) is 42.3 Å². The lowest BCUT2D eigenvalue weighted by atomic mass is 9.98. The molecule has 5 amide bonds. The number of carbonyl (C=O) groups excluding carboxylic acids is 5. The number of aromatic nitrogens is 2. The highest BCUT2D eigenvalue weighted by molar-refractivity contribution is 5.94. The highest BCUT2D eigenvalue weighted by Crippen LogP contribution is 2.30. The summed E-state index contributed by atoms with van der Waals surface area (Å²) in [5.41, 5.74) is 2.46. The first kappa shape index (κ1) is 37.5. The molecule has 15 nitrogen and oxygen atoms in total. The van der Waals surface area contributed by atoms with Crippen molar-refractivity contribution in [3.05, 3.63) is 108 Å². The number of ether oxygens (including phenoxy) is 1. The third kappa shape index (κ3) is 8.36. The van der Waals surface area contributed by atoms with Crippen LogP contribution in [0.5, 0.6) is 5.75 Å². The third-order valence-corrected chi connectivity index (χ3v) is 9.10. The number of phenols is 1. The van der Waals surface area contributed by atoms with Crippen LogP contribution in [-0.4, -0.2) is 108 Å². The van der Waals surface area contributed by atoms with E-state index >= 15 is 0 Å². The molecule has 2 atom stereocenters. The van der Waals surface area contributed by atoms with Gasteiger partial charge < -0.3 is 30.3 Å². The molecule has 3 heterocycles. The number of hydrogen-bond donors (Lipinski definition) is 3. The lowest BCUT2D eigenvalue weighted by Gasteiger charge is -2.55. The largest absolute Gasteiger partial charge is 0.508 e. The third-order valence-electron chi connectivity index (χ3n) is 9.10. The zero-order chi connectivity index (χ0) is 38.6. The molecule has 2 aliphatic rings. The monoisotopic (exact) mass is 736 g/mol. The van der Waals surface area contributed by atoms with Gasteiger partial charge in [-0.1, -0.05) is 60.7 Å². The van der Waals surface area contributed by atoms with Crippen molar-refractivity contribution in [2.75, 3.05) is 26.2 Å². The second-order valence-electron chi connectivity index (χ2n) is 14.2. The first-order valence-corrected chi connectivity index (χ1v) is 17.6. The minimum absolute atomic E-state index is 0.0150. The van der Waals surface area contributed by atoms with E-state index in [1.165, 1.54) is 32.9 Å². The number of piperazine rings is 1. The van der Waals surface area contributed by atoms with Gasteiger partial charge in [-0.25, -0.2) is 24.6 Å². The van der Waals surface area contributed by atoms with Gasteiger partial charge in [0.05, 0.1) is 24.1 Å². The zero-order valence-corrected chi connectivity index (χ0v) is 30.5. The molecule has 3 aromatic carbocycles. The van der Waals surface area contributed by atoms with Gasteiger partial charge in [0, 0.05) is 26.1 Å². The predicted molar refractivity (Wildman–Crippen MR) is 199 cm³/mol. The maximum atomic E-state index is 14.5. The summed E-state index contributed by atoms with van der Waals surface area (Å²) < 4.78 is 6.57. The van der Waals surface area contributed by atoms with Gasteiger partial charge in [0.2, 0.25) is 11.8 Å². The van der Waals surface area contributed by atoms with Crippen molar-refractivity contribution in [2.24, 2.45) is 0 Å². The van der Waals surface area contributed by atoms with Crippen LogP contribution in [0.4, 0.5) is 9.59 Å². The number of para-hydroxylation sites is 1. The van der Waals surface area contributed by atoms with E-state index in [2.05, 4.69) is 22.2 Å². The van der Waals surface area contributed by atoms with E-state index in [1.807, 2.05) is 30.3 Å². The van der Waals surface area contributed by atoms with E-state index in [4.69, 9.17) is 4.74 Å². The molecule has 0 unspecified atom stereocenters. The Morgan fingerprint density at radius 2 is 1.72 bits per heavy atom. The molecule has 4 aromatic rings. The minimum atomic E-state index is -0.978. The number of imidazole rings is 1. The Bertz CT molecular complexity index is 2040. The first-order chi connectivity index (χ1) is 25.8. The molecule has 15 heteroatoms. The summed E-state index contributed by atoms with van der Waals surface area (Å²) in [6, 6.07) is 19.7. The van der Waals surface area contributed by atoms with Gasteiger partial charge in [-0.3, -0.25) is 19.0 Å². The molecule has 0 bridgehead atoms. The van der Waals surface area contributed by atoms with Crippen molar-refractivity contribution in [1.29, 1.82) is 0 Å². The summed E-state index contributed by atoms with van der Waals surface area (Å²) in [5, 5.41) is 18.5. The summed E-state index contributed by atoms with van der Waals surface area (Å²) in [6.45, 7) is 9.03. The fraction of sp³-hybridized carbons (Fsp3) is 0.333. The second kappa shape index (κ2) is 15.8. The maximum Gasteiger partial charge on any atom is 0.408 e. The average Bonchev–Trinajstić information content (AvgIpc) is 3.57. The highest BCUT2D eigenvalue weighted by atomic mass is 16.6. The van der Waals surface area contributed by atoms with Crippen LogP contribution in [0, 0.1) is 0 Å².